The van der Waals surface area contributed by atoms with Crippen molar-refractivity contribution in [3.8, 4) is 39.1 Å². The van der Waals surface area contributed by atoms with E-state index in [1.165, 1.54) is 0 Å². The Kier molecular flexibility index (Phi) is 5.30. The van der Waals surface area contributed by atoms with Crippen LogP contribution in [0, 0.1) is 0 Å². The fraction of sp³-hybridized carbons (Fsp3) is 0.0294. The number of aromatic nitrogens is 3. The molecule has 6 bridgehead atoms. The van der Waals surface area contributed by atoms with E-state index in [1.807, 2.05) is 30.3 Å². The molecule has 0 amide bonds. The lowest BCUT2D eigenvalue weighted by Crippen LogP contribution is -1.91. The SMILES string of the molecule is COc1ccccc1-c1c2nc(c(-c3ccccc3)c3ccc([nH]3)c(-c3ccccc3)c3ccc1[nH]3)C=C2. The van der Waals surface area contributed by atoms with Gasteiger partial charge in [-0.3, -0.25) is 0 Å². The second-order valence-corrected chi connectivity index (χ2v) is 9.34. The standard InChI is InChI=1S/C34H25N3O/c1-38-31-15-9-8-14-24(31)34-29-20-18-27(36-29)32(22-10-4-2-5-11-22)25-16-17-26(35-25)33(23-12-6-3-7-13-23)28-19-21-30(34)37-28/h2-21,35-36H,1H3. The van der Waals surface area contributed by atoms with E-state index in [0.29, 0.717) is 0 Å². The molecule has 4 nitrogen and oxygen atoms in total. The second kappa shape index (κ2) is 9.09. The van der Waals surface area contributed by atoms with E-state index in [1.54, 1.807) is 7.11 Å². The van der Waals surface area contributed by atoms with Gasteiger partial charge in [0.15, 0.2) is 0 Å². The molecule has 0 spiro atoms. The first-order chi connectivity index (χ1) is 18.8. The zero-order chi connectivity index (χ0) is 25.5. The number of ether oxygens (including phenoxy) is 1. The maximum atomic E-state index is 5.79. The van der Waals surface area contributed by atoms with Crippen LogP contribution in [0.4, 0.5) is 0 Å². The monoisotopic (exact) mass is 491 g/mol. The van der Waals surface area contributed by atoms with Gasteiger partial charge >= 0.3 is 0 Å². The zero-order valence-electron chi connectivity index (χ0n) is 20.9. The maximum absolute atomic E-state index is 5.79. The van der Waals surface area contributed by atoms with Crippen LogP contribution in [0.15, 0.2) is 109 Å². The van der Waals surface area contributed by atoms with Crippen LogP contribution in [-0.4, -0.2) is 22.1 Å². The van der Waals surface area contributed by atoms with Gasteiger partial charge in [0.25, 0.3) is 0 Å². The summed E-state index contributed by atoms with van der Waals surface area (Å²) in [5.41, 5.74) is 12.3. The van der Waals surface area contributed by atoms with Gasteiger partial charge in [0.05, 0.1) is 18.5 Å². The number of hydrogen-bond donors (Lipinski definition) is 2. The topological polar surface area (TPSA) is 53.7 Å². The van der Waals surface area contributed by atoms with Crippen LogP contribution in [0.25, 0.3) is 67.6 Å². The van der Waals surface area contributed by atoms with Crippen molar-refractivity contribution in [2.75, 3.05) is 7.11 Å². The Morgan fingerprint density at radius 2 is 0.974 bits per heavy atom. The number of nitrogens with zero attached hydrogens (tertiary/aromatic N) is 1. The molecule has 1 aliphatic rings. The van der Waals surface area contributed by atoms with Crippen LogP contribution >= 0.6 is 0 Å². The predicted octanol–water partition coefficient (Wildman–Crippen LogP) is 8.66. The molecule has 0 atom stereocenters. The number of para-hydroxylation sites is 1. The Labute approximate surface area is 220 Å². The molecule has 182 valence electrons. The van der Waals surface area contributed by atoms with Crippen LogP contribution in [-0.2, 0) is 0 Å². The number of rotatable bonds is 4. The van der Waals surface area contributed by atoms with Gasteiger partial charge in [-0.25, -0.2) is 4.98 Å². The first-order valence-corrected chi connectivity index (χ1v) is 12.7. The molecule has 4 heterocycles. The Hall–Kier alpha value is -5.09. The number of methoxy groups -OCH3 is 1. The number of benzene rings is 3. The van der Waals surface area contributed by atoms with Crippen molar-refractivity contribution in [3.05, 3.63) is 121 Å². The highest BCUT2D eigenvalue weighted by molar-refractivity contribution is 6.00. The third-order valence-electron chi connectivity index (χ3n) is 7.10. The smallest absolute Gasteiger partial charge is 0.126 e. The van der Waals surface area contributed by atoms with Crippen molar-refractivity contribution >= 4 is 34.2 Å². The van der Waals surface area contributed by atoms with E-state index in [-0.39, 0.29) is 0 Å². The van der Waals surface area contributed by atoms with E-state index >= 15 is 0 Å². The average molecular weight is 492 g/mol. The number of nitrogens with one attached hydrogen (secondary N) is 2. The van der Waals surface area contributed by atoms with Gasteiger partial charge in [-0.2, -0.15) is 0 Å². The summed E-state index contributed by atoms with van der Waals surface area (Å²) in [6.45, 7) is 0. The molecule has 6 aromatic rings. The molecule has 0 saturated heterocycles. The van der Waals surface area contributed by atoms with Crippen molar-refractivity contribution in [2.24, 2.45) is 0 Å². The molecule has 7 rings (SSSR count). The molecule has 3 aromatic heterocycles. The summed E-state index contributed by atoms with van der Waals surface area (Å²) in [6.07, 6.45) is 4.21. The predicted molar refractivity (Wildman–Crippen MR) is 157 cm³/mol. The van der Waals surface area contributed by atoms with Crippen LogP contribution in [0.1, 0.15) is 11.4 Å². The normalized spacial score (nSPS) is 11.7. The minimum atomic E-state index is 0.807. The molecular formula is C34H25N3O. The summed E-state index contributed by atoms with van der Waals surface area (Å²) in [5, 5.41) is 0. The fourth-order valence-corrected chi connectivity index (χ4v) is 5.39. The fourth-order valence-electron chi connectivity index (χ4n) is 5.39. The lowest BCUT2D eigenvalue weighted by molar-refractivity contribution is 0.416. The highest BCUT2D eigenvalue weighted by Crippen LogP contribution is 2.39. The molecule has 0 radical (unpaired) electrons. The van der Waals surface area contributed by atoms with Crippen molar-refractivity contribution in [1.82, 2.24) is 15.0 Å². The van der Waals surface area contributed by atoms with Gasteiger partial charge in [0.1, 0.15) is 5.75 Å². The molecule has 4 heteroatoms. The van der Waals surface area contributed by atoms with Crippen LogP contribution in [0.2, 0.25) is 0 Å². The molecule has 3 aromatic carbocycles. The van der Waals surface area contributed by atoms with Crippen molar-refractivity contribution in [3.63, 3.8) is 0 Å². The number of fused-ring (bicyclic) bond motifs is 6. The van der Waals surface area contributed by atoms with Crippen LogP contribution in [0.5, 0.6) is 5.75 Å². The Morgan fingerprint density at radius 3 is 1.58 bits per heavy atom. The molecule has 2 N–H and O–H groups in total. The second-order valence-electron chi connectivity index (χ2n) is 9.34. The van der Waals surface area contributed by atoms with E-state index in [0.717, 1.165) is 72.6 Å². The van der Waals surface area contributed by atoms with Gasteiger partial charge in [-0.1, -0.05) is 78.9 Å². The average Bonchev–Trinajstić information content (AvgIpc) is 3.74. The van der Waals surface area contributed by atoms with E-state index in [2.05, 4.69) is 101 Å². The van der Waals surface area contributed by atoms with E-state index in [4.69, 9.17) is 9.72 Å². The Bertz CT molecular complexity index is 1900. The van der Waals surface area contributed by atoms with Gasteiger partial charge < -0.3 is 14.7 Å². The number of aromatic amines is 2. The third-order valence-corrected chi connectivity index (χ3v) is 7.10. The first kappa shape index (κ1) is 22.1. The van der Waals surface area contributed by atoms with Crippen molar-refractivity contribution in [1.29, 1.82) is 0 Å². The van der Waals surface area contributed by atoms with Crippen molar-refractivity contribution < 1.29 is 4.74 Å². The van der Waals surface area contributed by atoms with E-state index in [9.17, 15) is 0 Å². The zero-order valence-corrected chi connectivity index (χ0v) is 20.9. The summed E-state index contributed by atoms with van der Waals surface area (Å²) in [5.74, 6) is 0.807. The molecule has 0 saturated carbocycles. The van der Waals surface area contributed by atoms with Gasteiger partial charge in [-0.15, -0.1) is 0 Å². The third kappa shape index (κ3) is 3.66. The lowest BCUT2D eigenvalue weighted by atomic mass is 10.0. The Morgan fingerprint density at radius 1 is 0.500 bits per heavy atom. The van der Waals surface area contributed by atoms with Gasteiger partial charge in [0, 0.05) is 44.3 Å². The quantitative estimate of drug-likeness (QED) is 0.259. The summed E-state index contributed by atoms with van der Waals surface area (Å²) in [6, 6.07) is 37.7. The molecule has 1 aliphatic heterocycles. The highest BCUT2D eigenvalue weighted by atomic mass is 16.5. The van der Waals surface area contributed by atoms with Crippen LogP contribution < -0.4 is 4.74 Å². The van der Waals surface area contributed by atoms with Gasteiger partial charge in [0.2, 0.25) is 0 Å². The molecule has 0 aliphatic carbocycles. The lowest BCUT2D eigenvalue weighted by Gasteiger charge is -2.10. The molecular weight excluding hydrogens is 466 g/mol. The number of hydrogen-bond acceptors (Lipinski definition) is 2. The summed E-state index contributed by atoms with van der Waals surface area (Å²) >= 11 is 0. The number of H-pyrrole nitrogens is 2. The van der Waals surface area contributed by atoms with Crippen LogP contribution in [0.3, 0.4) is 0 Å². The summed E-state index contributed by atoms with van der Waals surface area (Å²) in [4.78, 5) is 12.7. The maximum Gasteiger partial charge on any atom is 0.126 e. The largest absolute Gasteiger partial charge is 0.496 e. The molecule has 38 heavy (non-hydrogen) atoms. The minimum Gasteiger partial charge on any atom is -0.496 e. The summed E-state index contributed by atoms with van der Waals surface area (Å²) in [7, 11) is 1.71. The molecule has 0 unspecified atom stereocenters. The Balaban J connectivity index is 1.69. The first-order valence-electron chi connectivity index (χ1n) is 12.7. The van der Waals surface area contributed by atoms with Gasteiger partial charge in [-0.05, 0) is 53.6 Å². The highest BCUT2D eigenvalue weighted by Gasteiger charge is 2.18. The van der Waals surface area contributed by atoms with E-state index < -0.39 is 0 Å². The molecule has 0 fully saturated rings. The minimum absolute atomic E-state index is 0.807. The summed E-state index contributed by atoms with van der Waals surface area (Å²) < 4.78 is 5.79. The van der Waals surface area contributed by atoms with Crippen molar-refractivity contribution in [2.45, 2.75) is 0 Å².